The maximum absolute atomic E-state index is 13.2. The van der Waals surface area contributed by atoms with Crippen molar-refractivity contribution >= 4 is 27.8 Å². The van der Waals surface area contributed by atoms with Gasteiger partial charge in [0.25, 0.3) is 5.56 Å². The number of aromatic nitrogens is 2. The zero-order chi connectivity index (χ0) is 24.5. The van der Waals surface area contributed by atoms with E-state index in [0.717, 1.165) is 35.6 Å². The van der Waals surface area contributed by atoms with E-state index in [2.05, 4.69) is 38.0 Å². The van der Waals surface area contributed by atoms with E-state index in [9.17, 15) is 14.7 Å². The van der Waals surface area contributed by atoms with E-state index in [-0.39, 0.29) is 23.6 Å². The number of ether oxygens (including phenoxy) is 1. The van der Waals surface area contributed by atoms with E-state index < -0.39 is 6.09 Å². The van der Waals surface area contributed by atoms with Crippen LogP contribution in [0.15, 0.2) is 41.5 Å². The smallest absolute Gasteiger partial charge is 0.404 e. The fraction of sp³-hybridized carbons (Fsp3) is 0.519. The average Bonchev–Trinajstić information content (AvgIpc) is 3.57. The molecule has 0 saturated heterocycles. The number of benzene rings is 1. The van der Waals surface area contributed by atoms with Crippen LogP contribution >= 0.6 is 0 Å². The fourth-order valence-electron chi connectivity index (χ4n) is 5.00. The molecule has 1 aliphatic carbocycles. The number of carboxylic acid groups (broad SMARTS) is 1. The van der Waals surface area contributed by atoms with E-state index in [4.69, 9.17) is 4.74 Å². The highest BCUT2D eigenvalue weighted by molar-refractivity contribution is 6.05. The molecule has 0 radical (unpaired) electrons. The minimum atomic E-state index is -1.05. The second kappa shape index (κ2) is 9.65. The maximum Gasteiger partial charge on any atom is 0.404 e. The number of fused-ring (bicyclic) bond motifs is 3. The molecule has 7 nitrogen and oxygen atoms in total. The molecule has 0 spiro atoms. The van der Waals surface area contributed by atoms with E-state index in [0.29, 0.717) is 35.9 Å². The lowest BCUT2D eigenvalue weighted by molar-refractivity contribution is 0.172. The van der Waals surface area contributed by atoms with Crippen LogP contribution in [0.5, 0.6) is 5.75 Å². The summed E-state index contributed by atoms with van der Waals surface area (Å²) in [5.74, 6) is 1.51. The van der Waals surface area contributed by atoms with Gasteiger partial charge in [-0.05, 0) is 66.5 Å². The van der Waals surface area contributed by atoms with Gasteiger partial charge in [-0.2, -0.15) is 0 Å². The summed E-state index contributed by atoms with van der Waals surface area (Å²) in [5, 5.41) is 14.4. The summed E-state index contributed by atoms with van der Waals surface area (Å²) in [6.45, 7) is 9.64. The fourth-order valence-corrected chi connectivity index (χ4v) is 5.00. The first-order valence-electron chi connectivity index (χ1n) is 12.1. The monoisotopic (exact) mass is 465 g/mol. The van der Waals surface area contributed by atoms with E-state index >= 15 is 0 Å². The van der Waals surface area contributed by atoms with Crippen LogP contribution in [0.1, 0.15) is 53.4 Å². The van der Waals surface area contributed by atoms with Crippen molar-refractivity contribution in [3.63, 3.8) is 0 Å². The van der Waals surface area contributed by atoms with Crippen molar-refractivity contribution < 1.29 is 14.6 Å². The molecule has 2 heterocycles. The van der Waals surface area contributed by atoms with Crippen LogP contribution < -0.4 is 15.6 Å². The number of nitrogens with one attached hydrogen (secondary N) is 1. The first-order chi connectivity index (χ1) is 16.1. The highest BCUT2D eigenvalue weighted by Gasteiger charge is 2.24. The number of amides is 1. The van der Waals surface area contributed by atoms with Gasteiger partial charge in [0, 0.05) is 30.4 Å². The van der Waals surface area contributed by atoms with Crippen LogP contribution in [-0.2, 0) is 6.54 Å². The van der Waals surface area contributed by atoms with Gasteiger partial charge in [0.15, 0.2) is 0 Å². The Labute approximate surface area is 200 Å². The lowest BCUT2D eigenvalue weighted by Crippen LogP contribution is -2.39. The van der Waals surface area contributed by atoms with Gasteiger partial charge in [0.2, 0.25) is 0 Å². The Morgan fingerprint density at radius 2 is 2.00 bits per heavy atom. The zero-order valence-corrected chi connectivity index (χ0v) is 20.5. The van der Waals surface area contributed by atoms with Crippen molar-refractivity contribution in [1.29, 1.82) is 0 Å². The summed E-state index contributed by atoms with van der Waals surface area (Å²) < 4.78 is 7.93. The quantitative estimate of drug-likeness (QED) is 0.411. The standard InChI is InChI=1S/C27H35N3O4/c1-17(13-27(2,3)4)11-19(29-26(32)33)16-34-20-7-8-22-21-9-10-28-14-23(21)25(31)30(24(22)12-20)15-18-5-6-18/h7-10,12,14,17-19,29H,5-6,11,13,15-16H2,1-4H3,(H,32,33). The Morgan fingerprint density at radius 3 is 2.68 bits per heavy atom. The van der Waals surface area contributed by atoms with Gasteiger partial charge in [-0.3, -0.25) is 9.78 Å². The molecule has 2 atom stereocenters. The average molecular weight is 466 g/mol. The van der Waals surface area contributed by atoms with Gasteiger partial charge in [0.1, 0.15) is 12.4 Å². The minimum absolute atomic E-state index is 0.0268. The van der Waals surface area contributed by atoms with Crippen LogP contribution in [-0.4, -0.2) is 33.4 Å². The van der Waals surface area contributed by atoms with Crippen molar-refractivity contribution in [3.8, 4) is 5.75 Å². The van der Waals surface area contributed by atoms with Crippen LogP contribution in [0.4, 0.5) is 4.79 Å². The number of hydrogen-bond donors (Lipinski definition) is 2. The highest BCUT2D eigenvalue weighted by Crippen LogP contribution is 2.33. The van der Waals surface area contributed by atoms with Crippen molar-refractivity contribution in [2.75, 3.05) is 6.61 Å². The molecule has 182 valence electrons. The van der Waals surface area contributed by atoms with Gasteiger partial charge in [-0.25, -0.2) is 4.79 Å². The molecular weight excluding hydrogens is 430 g/mol. The molecule has 2 aromatic heterocycles. The summed E-state index contributed by atoms with van der Waals surface area (Å²) in [7, 11) is 0. The number of carbonyl (C=O) groups is 1. The molecule has 7 heteroatoms. The summed E-state index contributed by atoms with van der Waals surface area (Å²) in [6, 6.07) is 7.35. The third-order valence-corrected chi connectivity index (χ3v) is 6.41. The number of rotatable bonds is 9. The molecule has 1 fully saturated rings. The summed E-state index contributed by atoms with van der Waals surface area (Å²) in [5.41, 5.74) is 0.994. The van der Waals surface area contributed by atoms with E-state index in [1.54, 1.807) is 12.4 Å². The van der Waals surface area contributed by atoms with Crippen molar-refractivity contribution in [2.45, 2.75) is 66.0 Å². The molecule has 4 rings (SSSR count). The second-order valence-electron chi connectivity index (χ2n) is 11.0. The lowest BCUT2D eigenvalue weighted by Gasteiger charge is -2.26. The zero-order valence-electron chi connectivity index (χ0n) is 20.5. The second-order valence-corrected chi connectivity index (χ2v) is 11.0. The SMILES string of the molecule is CC(CC(COc1ccc2c3ccncc3c(=O)n(CC3CC3)c2c1)NC(=O)O)CC(C)(C)C. The highest BCUT2D eigenvalue weighted by atomic mass is 16.5. The van der Waals surface area contributed by atoms with Gasteiger partial charge in [-0.15, -0.1) is 0 Å². The summed E-state index contributed by atoms with van der Waals surface area (Å²) in [4.78, 5) is 28.8. The van der Waals surface area contributed by atoms with Gasteiger partial charge in [0.05, 0.1) is 16.9 Å². The van der Waals surface area contributed by atoms with Crippen LogP contribution in [0.3, 0.4) is 0 Å². The van der Waals surface area contributed by atoms with Crippen molar-refractivity contribution in [1.82, 2.24) is 14.9 Å². The Balaban J connectivity index is 1.60. The van der Waals surface area contributed by atoms with E-state index in [1.165, 1.54) is 0 Å². The molecule has 1 amide bonds. The number of nitrogens with zero attached hydrogens (tertiary/aromatic N) is 2. The lowest BCUT2D eigenvalue weighted by atomic mass is 9.83. The Bertz CT molecular complexity index is 1240. The van der Waals surface area contributed by atoms with Crippen LogP contribution in [0.25, 0.3) is 21.7 Å². The first kappa shape index (κ1) is 24.0. The van der Waals surface area contributed by atoms with Gasteiger partial charge >= 0.3 is 6.09 Å². The predicted octanol–water partition coefficient (Wildman–Crippen LogP) is 5.44. The predicted molar refractivity (Wildman–Crippen MR) is 135 cm³/mol. The Hall–Kier alpha value is -3.09. The summed E-state index contributed by atoms with van der Waals surface area (Å²) in [6.07, 6.45) is 6.28. The van der Waals surface area contributed by atoms with Gasteiger partial charge < -0.3 is 19.7 Å². The van der Waals surface area contributed by atoms with Crippen LogP contribution in [0, 0.1) is 17.3 Å². The van der Waals surface area contributed by atoms with E-state index in [1.807, 2.05) is 28.8 Å². The maximum atomic E-state index is 13.2. The molecule has 1 saturated carbocycles. The third-order valence-electron chi connectivity index (χ3n) is 6.41. The molecular formula is C27H35N3O4. The minimum Gasteiger partial charge on any atom is -0.491 e. The van der Waals surface area contributed by atoms with Crippen molar-refractivity contribution in [3.05, 3.63) is 47.0 Å². The summed E-state index contributed by atoms with van der Waals surface area (Å²) >= 11 is 0. The molecule has 2 unspecified atom stereocenters. The number of pyridine rings is 2. The molecule has 0 aliphatic heterocycles. The molecule has 3 aromatic rings. The molecule has 0 bridgehead atoms. The third kappa shape index (κ3) is 5.88. The van der Waals surface area contributed by atoms with Gasteiger partial charge in [-0.1, -0.05) is 27.7 Å². The molecule has 1 aliphatic rings. The Morgan fingerprint density at radius 1 is 1.24 bits per heavy atom. The molecule has 34 heavy (non-hydrogen) atoms. The number of hydrogen-bond acceptors (Lipinski definition) is 4. The van der Waals surface area contributed by atoms with Crippen LogP contribution in [0.2, 0.25) is 0 Å². The van der Waals surface area contributed by atoms with Crippen molar-refractivity contribution in [2.24, 2.45) is 17.3 Å². The molecule has 1 aromatic carbocycles. The topological polar surface area (TPSA) is 93.5 Å². The normalized spacial score (nSPS) is 15.9. The largest absolute Gasteiger partial charge is 0.491 e. The molecule has 2 N–H and O–H groups in total. The Kier molecular flexibility index (Phi) is 6.82. The first-order valence-corrected chi connectivity index (χ1v) is 12.1.